The van der Waals surface area contributed by atoms with Gasteiger partial charge in [0.15, 0.2) is 0 Å². The number of carbonyl (C=O) groups excluding carboxylic acids is 2. The van der Waals surface area contributed by atoms with Crippen LogP contribution in [0, 0.1) is 5.92 Å². The predicted molar refractivity (Wildman–Crippen MR) is 102 cm³/mol. The van der Waals surface area contributed by atoms with Crippen molar-refractivity contribution in [3.05, 3.63) is 29.8 Å². The van der Waals surface area contributed by atoms with Gasteiger partial charge in [0.05, 0.1) is 12.7 Å². The van der Waals surface area contributed by atoms with Crippen molar-refractivity contribution >= 4 is 17.5 Å². The Morgan fingerprint density at radius 3 is 2.65 bits per heavy atom. The van der Waals surface area contributed by atoms with E-state index < -0.39 is 0 Å². The molecule has 1 unspecified atom stereocenters. The smallest absolute Gasteiger partial charge is 0.254 e. The van der Waals surface area contributed by atoms with Gasteiger partial charge in [0.25, 0.3) is 5.91 Å². The summed E-state index contributed by atoms with van der Waals surface area (Å²) in [6.45, 7) is 7.16. The Kier molecular flexibility index (Phi) is 6.30. The maximum absolute atomic E-state index is 12.8. The molecule has 5 heteroatoms. The van der Waals surface area contributed by atoms with Crippen LogP contribution in [0.1, 0.15) is 56.3 Å². The Morgan fingerprint density at radius 1 is 1.23 bits per heavy atom. The molecular weight excluding hydrogens is 328 g/mol. The number of ether oxygens (including phenoxy) is 1. The quantitative estimate of drug-likeness (QED) is 0.782. The van der Waals surface area contributed by atoms with E-state index in [4.69, 9.17) is 4.74 Å². The summed E-state index contributed by atoms with van der Waals surface area (Å²) in [6, 6.07) is 7.45. The zero-order valence-corrected chi connectivity index (χ0v) is 15.9. The molecule has 2 saturated heterocycles. The molecule has 2 aliphatic rings. The zero-order chi connectivity index (χ0) is 18.5. The zero-order valence-electron chi connectivity index (χ0n) is 15.9. The number of morpholine rings is 1. The number of anilines is 1. The lowest BCUT2D eigenvalue weighted by Gasteiger charge is -2.33. The van der Waals surface area contributed by atoms with Crippen LogP contribution in [0.2, 0.25) is 0 Å². The van der Waals surface area contributed by atoms with Crippen molar-refractivity contribution in [3.63, 3.8) is 0 Å². The normalized spacial score (nSPS) is 20.9. The average Bonchev–Trinajstić information content (AvgIpc) is 3.07. The monoisotopic (exact) mass is 358 g/mol. The van der Waals surface area contributed by atoms with Gasteiger partial charge >= 0.3 is 0 Å². The molecule has 0 aromatic heterocycles. The van der Waals surface area contributed by atoms with E-state index in [1.807, 2.05) is 29.2 Å². The van der Waals surface area contributed by atoms with Crippen LogP contribution in [-0.4, -0.2) is 49.1 Å². The molecule has 2 heterocycles. The highest BCUT2D eigenvalue weighted by Gasteiger charge is 2.26. The van der Waals surface area contributed by atoms with Crippen LogP contribution in [-0.2, 0) is 9.53 Å². The Hall–Kier alpha value is -1.88. The molecule has 2 amide bonds. The first-order chi connectivity index (χ1) is 12.5. The summed E-state index contributed by atoms with van der Waals surface area (Å²) in [7, 11) is 0. The fraction of sp³-hybridized carbons (Fsp3) is 0.619. The molecule has 1 aromatic rings. The molecule has 2 aliphatic heterocycles. The number of amides is 2. The second kappa shape index (κ2) is 8.67. The average molecular weight is 358 g/mol. The molecule has 1 aromatic carbocycles. The van der Waals surface area contributed by atoms with Gasteiger partial charge in [-0.2, -0.15) is 0 Å². The lowest BCUT2D eigenvalue weighted by molar-refractivity contribution is -0.117. The summed E-state index contributed by atoms with van der Waals surface area (Å²) in [5, 5.41) is 0. The SMILES string of the molecule is CC(C)CCCC1CN(C(=O)c2ccc(N3CCCC3=O)cc2)CCO1. The molecule has 2 fully saturated rings. The van der Waals surface area contributed by atoms with Gasteiger partial charge in [0.1, 0.15) is 0 Å². The summed E-state index contributed by atoms with van der Waals surface area (Å²) < 4.78 is 5.84. The molecule has 3 rings (SSSR count). The van der Waals surface area contributed by atoms with Gasteiger partial charge in [-0.25, -0.2) is 0 Å². The summed E-state index contributed by atoms with van der Waals surface area (Å²) in [4.78, 5) is 28.4. The third-order valence-electron chi connectivity index (χ3n) is 5.23. The summed E-state index contributed by atoms with van der Waals surface area (Å²) >= 11 is 0. The fourth-order valence-corrected chi connectivity index (χ4v) is 3.72. The minimum absolute atomic E-state index is 0.0569. The van der Waals surface area contributed by atoms with Crippen molar-refractivity contribution in [1.82, 2.24) is 4.90 Å². The summed E-state index contributed by atoms with van der Waals surface area (Å²) in [6.07, 6.45) is 5.02. The highest BCUT2D eigenvalue weighted by molar-refractivity contribution is 5.97. The van der Waals surface area contributed by atoms with Crippen molar-refractivity contribution < 1.29 is 14.3 Å². The minimum Gasteiger partial charge on any atom is -0.375 e. The topological polar surface area (TPSA) is 49.9 Å². The van der Waals surface area contributed by atoms with Crippen LogP contribution < -0.4 is 4.90 Å². The largest absolute Gasteiger partial charge is 0.375 e. The van der Waals surface area contributed by atoms with Gasteiger partial charge in [-0.15, -0.1) is 0 Å². The number of hydrogen-bond acceptors (Lipinski definition) is 3. The van der Waals surface area contributed by atoms with Crippen molar-refractivity contribution in [2.24, 2.45) is 5.92 Å². The van der Waals surface area contributed by atoms with Crippen LogP contribution in [0.15, 0.2) is 24.3 Å². The molecule has 26 heavy (non-hydrogen) atoms. The highest BCUT2D eigenvalue weighted by Crippen LogP contribution is 2.23. The summed E-state index contributed by atoms with van der Waals surface area (Å²) in [5.74, 6) is 0.931. The molecule has 1 atom stereocenters. The van der Waals surface area contributed by atoms with E-state index in [-0.39, 0.29) is 17.9 Å². The Bertz CT molecular complexity index is 627. The molecule has 0 N–H and O–H groups in total. The molecule has 5 nitrogen and oxygen atoms in total. The molecular formula is C21H30N2O3. The predicted octanol–water partition coefficient (Wildman–Crippen LogP) is 3.48. The van der Waals surface area contributed by atoms with Crippen molar-refractivity contribution in [2.45, 2.75) is 52.1 Å². The van der Waals surface area contributed by atoms with Gasteiger partial charge in [0, 0.05) is 37.3 Å². The van der Waals surface area contributed by atoms with Gasteiger partial charge in [0.2, 0.25) is 5.91 Å². The van der Waals surface area contributed by atoms with E-state index in [9.17, 15) is 9.59 Å². The lowest BCUT2D eigenvalue weighted by Crippen LogP contribution is -2.45. The molecule has 0 aliphatic carbocycles. The van der Waals surface area contributed by atoms with Crippen LogP contribution in [0.5, 0.6) is 0 Å². The number of hydrogen-bond donors (Lipinski definition) is 0. The van der Waals surface area contributed by atoms with Gasteiger partial charge in [-0.05, 0) is 43.0 Å². The first-order valence-corrected chi connectivity index (χ1v) is 9.86. The number of carbonyl (C=O) groups is 2. The van der Waals surface area contributed by atoms with Crippen molar-refractivity contribution in [2.75, 3.05) is 31.1 Å². The highest BCUT2D eigenvalue weighted by atomic mass is 16.5. The Balaban J connectivity index is 1.57. The number of nitrogens with zero attached hydrogens (tertiary/aromatic N) is 2. The van der Waals surface area contributed by atoms with E-state index in [2.05, 4.69) is 13.8 Å². The molecule has 0 radical (unpaired) electrons. The standard InChI is InChI=1S/C21H30N2O3/c1-16(2)5-3-6-19-15-22(13-14-26-19)21(25)17-8-10-18(11-9-17)23-12-4-7-20(23)24/h8-11,16,19H,3-7,12-15H2,1-2H3. The molecule has 0 spiro atoms. The van der Waals surface area contributed by atoms with Crippen LogP contribution in [0.25, 0.3) is 0 Å². The lowest BCUT2D eigenvalue weighted by atomic mass is 10.0. The maximum Gasteiger partial charge on any atom is 0.254 e. The van der Waals surface area contributed by atoms with Crippen LogP contribution in [0.3, 0.4) is 0 Å². The van der Waals surface area contributed by atoms with E-state index in [1.165, 1.54) is 6.42 Å². The second-order valence-corrected chi connectivity index (χ2v) is 7.76. The Labute approximate surface area is 156 Å². The van der Waals surface area contributed by atoms with Crippen molar-refractivity contribution in [3.8, 4) is 0 Å². The fourth-order valence-electron chi connectivity index (χ4n) is 3.72. The van der Waals surface area contributed by atoms with E-state index in [1.54, 1.807) is 4.90 Å². The molecule has 142 valence electrons. The van der Waals surface area contributed by atoms with Gasteiger partial charge < -0.3 is 14.5 Å². The second-order valence-electron chi connectivity index (χ2n) is 7.76. The van der Waals surface area contributed by atoms with Crippen LogP contribution in [0.4, 0.5) is 5.69 Å². The first-order valence-electron chi connectivity index (χ1n) is 9.86. The number of benzene rings is 1. The third-order valence-corrected chi connectivity index (χ3v) is 5.23. The van der Waals surface area contributed by atoms with E-state index in [0.717, 1.165) is 31.5 Å². The van der Waals surface area contributed by atoms with Gasteiger partial charge in [-0.1, -0.05) is 26.7 Å². The first kappa shape index (κ1) is 18.9. The minimum atomic E-state index is 0.0569. The van der Waals surface area contributed by atoms with Crippen molar-refractivity contribution in [1.29, 1.82) is 0 Å². The van der Waals surface area contributed by atoms with E-state index in [0.29, 0.717) is 37.6 Å². The molecule has 0 saturated carbocycles. The Morgan fingerprint density at radius 2 is 2.00 bits per heavy atom. The maximum atomic E-state index is 12.8. The third kappa shape index (κ3) is 4.64. The van der Waals surface area contributed by atoms with Crippen LogP contribution >= 0.6 is 0 Å². The molecule has 0 bridgehead atoms. The summed E-state index contributed by atoms with van der Waals surface area (Å²) in [5.41, 5.74) is 1.57. The van der Waals surface area contributed by atoms with Gasteiger partial charge in [-0.3, -0.25) is 9.59 Å². The van der Waals surface area contributed by atoms with E-state index >= 15 is 0 Å². The number of rotatable bonds is 6.